The molecule has 1 aliphatic rings. The molecule has 0 aromatic rings. The summed E-state index contributed by atoms with van der Waals surface area (Å²) in [5.41, 5.74) is 1.21. The largest absolute Gasteiger partial charge is 0.478 e. The lowest BCUT2D eigenvalue weighted by Gasteiger charge is -2.19. The molecular formula is C31H57NO5. The van der Waals surface area contributed by atoms with E-state index in [-0.39, 0.29) is 17.6 Å². The molecule has 0 atom stereocenters. The van der Waals surface area contributed by atoms with Crippen molar-refractivity contribution < 1.29 is 24.9 Å². The topological polar surface area (TPSA) is 107 Å². The van der Waals surface area contributed by atoms with Crippen LogP contribution in [-0.4, -0.2) is 33.9 Å². The van der Waals surface area contributed by atoms with E-state index in [4.69, 9.17) is 15.3 Å². The molecule has 216 valence electrons. The van der Waals surface area contributed by atoms with E-state index >= 15 is 0 Å². The smallest absolute Gasteiger partial charge is 0.333 e. The first-order chi connectivity index (χ1) is 17.8. The number of nitrogens with one attached hydrogen (secondary N) is 1. The lowest BCUT2D eigenvalue weighted by Crippen LogP contribution is -2.24. The number of allylic oxidation sites excluding steroid dienone is 2. The molecule has 0 aromatic carbocycles. The van der Waals surface area contributed by atoms with Crippen molar-refractivity contribution in [2.45, 2.75) is 156 Å². The summed E-state index contributed by atoms with van der Waals surface area (Å²) in [5, 5.41) is 29.0. The molecule has 0 spiro atoms. The fraction of sp³-hybridized carbons (Fsp3) is 0.806. The first kappa shape index (κ1) is 35.2. The monoisotopic (exact) mass is 523 g/mol. The van der Waals surface area contributed by atoms with Gasteiger partial charge in [0.15, 0.2) is 0 Å². The zero-order valence-corrected chi connectivity index (χ0v) is 24.2. The normalized spacial score (nSPS) is 13.3. The first-order valence-corrected chi connectivity index (χ1v) is 15.1. The number of hydrogen-bond donors (Lipinski definition) is 4. The Bertz CT molecular complexity index is 615. The third-order valence-corrected chi connectivity index (χ3v) is 7.16. The Morgan fingerprint density at radius 2 is 0.838 bits per heavy atom. The Morgan fingerprint density at radius 3 is 1.08 bits per heavy atom. The van der Waals surface area contributed by atoms with Crippen LogP contribution in [0.3, 0.4) is 0 Å². The number of hydrogen-bond acceptors (Lipinski definition) is 4. The minimum absolute atomic E-state index is 0.0324. The van der Waals surface area contributed by atoms with Crippen molar-refractivity contribution in [1.82, 2.24) is 5.32 Å². The number of carboxylic acids is 2. The van der Waals surface area contributed by atoms with E-state index in [0.29, 0.717) is 18.0 Å². The molecule has 0 radical (unpaired) electrons. The summed E-state index contributed by atoms with van der Waals surface area (Å²) in [6, 6.07) is 0. The summed E-state index contributed by atoms with van der Waals surface area (Å²) in [7, 11) is 0. The average molecular weight is 524 g/mol. The molecule has 0 bridgehead atoms. The van der Waals surface area contributed by atoms with Crippen LogP contribution in [0.15, 0.2) is 22.5 Å². The Hall–Kier alpha value is -1.82. The van der Waals surface area contributed by atoms with E-state index in [1.807, 2.05) is 0 Å². The number of aliphatic hydroxyl groups excluding tert-OH is 1. The van der Waals surface area contributed by atoms with E-state index in [1.165, 1.54) is 122 Å². The van der Waals surface area contributed by atoms with Crippen LogP contribution in [0.2, 0.25) is 0 Å². The Kier molecular flexibility index (Phi) is 23.3. The Morgan fingerprint density at radius 1 is 0.568 bits per heavy atom. The number of unbranched alkanes of at least 4 members (excludes halogenated alkanes) is 19. The second kappa shape index (κ2) is 24.5. The summed E-state index contributed by atoms with van der Waals surface area (Å²) in [4.78, 5) is 21.5. The average Bonchev–Trinajstić information content (AvgIpc) is 2.85. The molecular weight excluding hydrogens is 466 g/mol. The van der Waals surface area contributed by atoms with Gasteiger partial charge in [-0.15, -0.1) is 0 Å². The molecule has 0 fully saturated rings. The second-order valence-electron chi connectivity index (χ2n) is 10.6. The number of carbonyl (C=O) groups is 2. The molecule has 1 rings (SSSR count). The highest BCUT2D eigenvalue weighted by Crippen LogP contribution is 2.22. The van der Waals surface area contributed by atoms with Gasteiger partial charge >= 0.3 is 11.9 Å². The van der Waals surface area contributed by atoms with Crippen LogP contribution in [0.25, 0.3) is 0 Å². The summed E-state index contributed by atoms with van der Waals surface area (Å²) in [5.74, 6) is -2.16. The molecule has 0 aromatic heterocycles. The zero-order valence-electron chi connectivity index (χ0n) is 24.2. The Labute approximate surface area is 227 Å². The summed E-state index contributed by atoms with van der Waals surface area (Å²) < 4.78 is 0. The zero-order chi connectivity index (χ0) is 27.7. The van der Waals surface area contributed by atoms with Crippen LogP contribution in [0.4, 0.5) is 0 Å². The number of aliphatic carboxylic acids is 2. The van der Waals surface area contributed by atoms with Crippen LogP contribution in [0, 0.1) is 0 Å². The van der Waals surface area contributed by atoms with E-state index in [9.17, 15) is 9.59 Å². The van der Waals surface area contributed by atoms with Crippen LogP contribution in [0.5, 0.6) is 0 Å². The van der Waals surface area contributed by atoms with Gasteiger partial charge in [-0.05, 0) is 20.3 Å². The second-order valence-corrected chi connectivity index (χ2v) is 10.6. The quantitative estimate of drug-likeness (QED) is 0.106. The van der Waals surface area contributed by atoms with Gasteiger partial charge in [0.05, 0.1) is 11.1 Å². The van der Waals surface area contributed by atoms with Gasteiger partial charge in [-0.1, -0.05) is 129 Å². The molecule has 6 heteroatoms. The van der Waals surface area contributed by atoms with E-state index in [0.717, 1.165) is 6.42 Å². The maximum Gasteiger partial charge on any atom is 0.333 e. The van der Waals surface area contributed by atoms with Crippen molar-refractivity contribution in [2.75, 3.05) is 6.61 Å². The maximum absolute atomic E-state index is 10.7. The van der Waals surface area contributed by atoms with Crippen molar-refractivity contribution in [2.24, 2.45) is 0 Å². The fourth-order valence-corrected chi connectivity index (χ4v) is 4.71. The molecule has 0 amide bonds. The van der Waals surface area contributed by atoms with Crippen molar-refractivity contribution >= 4 is 11.9 Å². The van der Waals surface area contributed by atoms with Crippen LogP contribution in [0.1, 0.15) is 156 Å². The molecule has 6 nitrogen and oxygen atoms in total. The minimum Gasteiger partial charge on any atom is -0.478 e. The summed E-state index contributed by atoms with van der Waals surface area (Å²) in [6.07, 6.45) is 28.1. The third kappa shape index (κ3) is 19.9. The predicted octanol–water partition coefficient (Wildman–Crippen LogP) is 8.50. The minimum atomic E-state index is -1.08. The summed E-state index contributed by atoms with van der Waals surface area (Å²) >= 11 is 0. The molecule has 1 aliphatic heterocycles. The molecule has 1 heterocycles. The van der Waals surface area contributed by atoms with Crippen molar-refractivity contribution in [1.29, 1.82) is 0 Å². The lowest BCUT2D eigenvalue weighted by molar-refractivity contribution is -0.133. The molecule has 0 saturated heterocycles. The number of dihydropyridines is 1. The van der Waals surface area contributed by atoms with E-state index in [1.54, 1.807) is 13.8 Å². The van der Waals surface area contributed by atoms with Gasteiger partial charge in [0, 0.05) is 24.4 Å². The van der Waals surface area contributed by atoms with Gasteiger partial charge < -0.3 is 20.6 Å². The highest BCUT2D eigenvalue weighted by molar-refractivity contribution is 5.94. The van der Waals surface area contributed by atoms with Gasteiger partial charge in [0.1, 0.15) is 0 Å². The SMILES string of the molecule is CC1=C(C(=O)O)CC(C(=O)O)=C(C)N1.CCCCCCCCCCCCCCCCCCCCCCO. The Balaban J connectivity index is 0.000000785. The number of rotatable bonds is 22. The highest BCUT2D eigenvalue weighted by Gasteiger charge is 2.24. The highest BCUT2D eigenvalue weighted by atomic mass is 16.4. The standard InChI is InChI=1S/C22H46O.C9H11NO4/c1-2-3-4-5-6-7-8-9-10-11-12-13-14-15-16-17-18-19-20-21-22-23;1-4-6(8(11)12)3-7(9(13)14)5(2)10-4/h23H,2-22H2,1H3;10H,3H2,1-2H3,(H,11,12)(H,13,14). The number of carboxylic acid groups (broad SMARTS) is 2. The van der Waals surface area contributed by atoms with Crippen LogP contribution >= 0.6 is 0 Å². The fourth-order valence-electron chi connectivity index (χ4n) is 4.71. The molecule has 0 unspecified atom stereocenters. The predicted molar refractivity (Wildman–Crippen MR) is 154 cm³/mol. The van der Waals surface area contributed by atoms with Crippen LogP contribution < -0.4 is 5.32 Å². The van der Waals surface area contributed by atoms with Gasteiger partial charge in [0.2, 0.25) is 0 Å². The van der Waals surface area contributed by atoms with Gasteiger partial charge in [-0.2, -0.15) is 0 Å². The van der Waals surface area contributed by atoms with Gasteiger partial charge in [-0.25, -0.2) is 9.59 Å². The molecule has 0 aliphatic carbocycles. The summed E-state index contributed by atoms with van der Waals surface area (Å²) in [6.45, 7) is 5.90. The van der Waals surface area contributed by atoms with Crippen LogP contribution in [-0.2, 0) is 9.59 Å². The molecule has 4 N–H and O–H groups in total. The first-order valence-electron chi connectivity index (χ1n) is 15.1. The van der Waals surface area contributed by atoms with Crippen molar-refractivity contribution in [3.05, 3.63) is 22.5 Å². The molecule has 37 heavy (non-hydrogen) atoms. The van der Waals surface area contributed by atoms with Crippen molar-refractivity contribution in [3.63, 3.8) is 0 Å². The van der Waals surface area contributed by atoms with Crippen molar-refractivity contribution in [3.8, 4) is 0 Å². The lowest BCUT2D eigenvalue weighted by atomic mass is 9.98. The van der Waals surface area contributed by atoms with E-state index < -0.39 is 11.9 Å². The van der Waals surface area contributed by atoms with E-state index in [2.05, 4.69) is 12.2 Å². The number of aliphatic hydroxyl groups is 1. The third-order valence-electron chi connectivity index (χ3n) is 7.16. The van der Waals surface area contributed by atoms with Gasteiger partial charge in [0.25, 0.3) is 0 Å². The van der Waals surface area contributed by atoms with Gasteiger partial charge in [-0.3, -0.25) is 0 Å². The molecule has 0 saturated carbocycles. The maximum atomic E-state index is 10.7.